The number of amides is 2. The van der Waals surface area contributed by atoms with Crippen LogP contribution in [0, 0.1) is 11.8 Å². The Balaban J connectivity index is 2.18. The molecule has 2 rings (SSSR count). The topological polar surface area (TPSA) is 101 Å². The normalized spacial score (nSPS) is 29.5. The van der Waals surface area contributed by atoms with Crippen LogP contribution in [0.5, 0.6) is 0 Å². The SMILES string of the molecule is NC(=O)CN1C(=O)C[C@H](C(=O)O)[C@H]1C1CC1. The fourth-order valence-electron chi connectivity index (χ4n) is 2.43. The van der Waals surface area contributed by atoms with Crippen LogP contribution in [0.4, 0.5) is 0 Å². The average molecular weight is 226 g/mol. The Hall–Kier alpha value is -1.59. The molecule has 1 aliphatic heterocycles. The Labute approximate surface area is 92.4 Å². The summed E-state index contributed by atoms with van der Waals surface area (Å²) in [5.74, 6) is -2.28. The van der Waals surface area contributed by atoms with E-state index >= 15 is 0 Å². The van der Waals surface area contributed by atoms with E-state index in [0.717, 1.165) is 12.8 Å². The molecule has 1 saturated heterocycles. The molecule has 3 N–H and O–H groups in total. The van der Waals surface area contributed by atoms with Crippen molar-refractivity contribution >= 4 is 17.8 Å². The summed E-state index contributed by atoms with van der Waals surface area (Å²) in [5.41, 5.74) is 5.06. The van der Waals surface area contributed by atoms with Gasteiger partial charge in [0.05, 0.1) is 12.5 Å². The second-order valence-corrected chi connectivity index (χ2v) is 4.46. The Kier molecular flexibility index (Phi) is 2.57. The lowest BCUT2D eigenvalue weighted by molar-refractivity contribution is -0.143. The Morgan fingerprint density at radius 2 is 2.06 bits per heavy atom. The Morgan fingerprint density at radius 1 is 1.44 bits per heavy atom. The van der Waals surface area contributed by atoms with Crippen molar-refractivity contribution in [2.75, 3.05) is 6.54 Å². The van der Waals surface area contributed by atoms with E-state index in [1.54, 1.807) is 0 Å². The molecule has 6 heteroatoms. The van der Waals surface area contributed by atoms with Gasteiger partial charge in [-0.3, -0.25) is 14.4 Å². The van der Waals surface area contributed by atoms with Gasteiger partial charge in [0, 0.05) is 12.5 Å². The van der Waals surface area contributed by atoms with E-state index in [0.29, 0.717) is 0 Å². The second kappa shape index (κ2) is 3.77. The van der Waals surface area contributed by atoms with Crippen molar-refractivity contribution in [1.29, 1.82) is 0 Å². The van der Waals surface area contributed by atoms with Crippen molar-refractivity contribution in [1.82, 2.24) is 4.90 Å². The van der Waals surface area contributed by atoms with Gasteiger partial charge in [-0.05, 0) is 18.8 Å². The van der Waals surface area contributed by atoms with Crippen LogP contribution in [0.2, 0.25) is 0 Å². The van der Waals surface area contributed by atoms with E-state index in [-0.39, 0.29) is 30.8 Å². The third kappa shape index (κ3) is 1.87. The number of rotatable bonds is 4. The summed E-state index contributed by atoms with van der Waals surface area (Å²) < 4.78 is 0. The minimum Gasteiger partial charge on any atom is -0.481 e. The van der Waals surface area contributed by atoms with E-state index < -0.39 is 17.8 Å². The fraction of sp³-hybridized carbons (Fsp3) is 0.700. The van der Waals surface area contributed by atoms with Crippen molar-refractivity contribution in [3.8, 4) is 0 Å². The van der Waals surface area contributed by atoms with E-state index in [4.69, 9.17) is 10.8 Å². The zero-order valence-electron chi connectivity index (χ0n) is 8.76. The van der Waals surface area contributed by atoms with Gasteiger partial charge >= 0.3 is 5.97 Å². The number of hydrogen-bond donors (Lipinski definition) is 2. The number of nitrogens with zero attached hydrogens (tertiary/aromatic N) is 1. The van der Waals surface area contributed by atoms with Crippen molar-refractivity contribution < 1.29 is 19.5 Å². The minimum absolute atomic E-state index is 0.0101. The third-order valence-electron chi connectivity index (χ3n) is 3.24. The maximum atomic E-state index is 11.6. The molecule has 2 aliphatic rings. The van der Waals surface area contributed by atoms with Gasteiger partial charge in [-0.25, -0.2) is 0 Å². The van der Waals surface area contributed by atoms with Gasteiger partial charge in [-0.1, -0.05) is 0 Å². The highest BCUT2D eigenvalue weighted by Crippen LogP contribution is 2.43. The standard InChI is InChI=1S/C10H14N2O4/c11-7(13)4-12-8(14)3-6(10(15)16)9(12)5-1-2-5/h5-6,9H,1-4H2,(H2,11,13)(H,15,16)/t6-,9+/m0/s1. The van der Waals surface area contributed by atoms with E-state index in [1.807, 2.05) is 0 Å². The molecule has 0 aromatic heterocycles. The molecule has 1 saturated carbocycles. The number of nitrogens with two attached hydrogens (primary N) is 1. The summed E-state index contributed by atoms with van der Waals surface area (Å²) in [7, 11) is 0. The molecule has 2 fully saturated rings. The van der Waals surface area contributed by atoms with Crippen LogP contribution in [-0.2, 0) is 14.4 Å². The van der Waals surface area contributed by atoms with Gasteiger partial charge in [-0.15, -0.1) is 0 Å². The van der Waals surface area contributed by atoms with Crippen LogP contribution in [0.1, 0.15) is 19.3 Å². The zero-order chi connectivity index (χ0) is 11.9. The fourth-order valence-corrected chi connectivity index (χ4v) is 2.43. The van der Waals surface area contributed by atoms with Gasteiger partial charge in [0.1, 0.15) is 0 Å². The molecular weight excluding hydrogens is 212 g/mol. The van der Waals surface area contributed by atoms with Crippen molar-refractivity contribution in [3.05, 3.63) is 0 Å². The predicted octanol–water partition coefficient (Wildman–Crippen LogP) is -0.817. The van der Waals surface area contributed by atoms with Gasteiger partial charge in [0.2, 0.25) is 11.8 Å². The lowest BCUT2D eigenvalue weighted by Crippen LogP contribution is -2.43. The number of carbonyl (C=O) groups is 3. The largest absolute Gasteiger partial charge is 0.481 e. The van der Waals surface area contributed by atoms with Crippen molar-refractivity contribution in [3.63, 3.8) is 0 Å². The lowest BCUT2D eigenvalue weighted by atomic mass is 9.96. The summed E-state index contributed by atoms with van der Waals surface area (Å²) in [5, 5.41) is 9.03. The zero-order valence-corrected chi connectivity index (χ0v) is 8.76. The Morgan fingerprint density at radius 3 is 2.50 bits per heavy atom. The molecule has 6 nitrogen and oxygen atoms in total. The summed E-state index contributed by atoms with van der Waals surface area (Å²) >= 11 is 0. The molecule has 2 atom stereocenters. The van der Waals surface area contributed by atoms with Crippen LogP contribution in [0.25, 0.3) is 0 Å². The molecule has 0 bridgehead atoms. The minimum atomic E-state index is -0.961. The molecule has 0 spiro atoms. The van der Waals surface area contributed by atoms with E-state index in [2.05, 4.69) is 0 Å². The maximum Gasteiger partial charge on any atom is 0.309 e. The van der Waals surface area contributed by atoms with Crippen LogP contribution >= 0.6 is 0 Å². The Bertz CT molecular complexity index is 351. The molecule has 16 heavy (non-hydrogen) atoms. The van der Waals surface area contributed by atoms with Crippen LogP contribution in [0.15, 0.2) is 0 Å². The van der Waals surface area contributed by atoms with E-state index in [9.17, 15) is 14.4 Å². The number of likely N-dealkylation sites (tertiary alicyclic amines) is 1. The van der Waals surface area contributed by atoms with Crippen LogP contribution in [0.3, 0.4) is 0 Å². The molecule has 0 radical (unpaired) electrons. The summed E-state index contributed by atoms with van der Waals surface area (Å²) in [6, 6.07) is -0.336. The highest BCUT2D eigenvalue weighted by molar-refractivity contribution is 5.90. The van der Waals surface area contributed by atoms with Gasteiger partial charge in [-0.2, -0.15) is 0 Å². The van der Waals surface area contributed by atoms with E-state index in [1.165, 1.54) is 4.90 Å². The first-order chi connectivity index (χ1) is 7.50. The third-order valence-corrected chi connectivity index (χ3v) is 3.24. The lowest BCUT2D eigenvalue weighted by Gasteiger charge is -2.25. The molecular formula is C10H14N2O4. The number of primary amides is 1. The molecule has 0 aromatic rings. The van der Waals surface area contributed by atoms with Gasteiger partial charge in [0.15, 0.2) is 0 Å². The first-order valence-electron chi connectivity index (χ1n) is 5.31. The average Bonchev–Trinajstić information content (AvgIpc) is 2.94. The molecule has 1 heterocycles. The highest BCUT2D eigenvalue weighted by atomic mass is 16.4. The summed E-state index contributed by atoms with van der Waals surface area (Å²) in [6.07, 6.45) is 1.84. The van der Waals surface area contributed by atoms with Gasteiger partial charge < -0.3 is 15.7 Å². The molecule has 0 aromatic carbocycles. The molecule has 1 aliphatic carbocycles. The monoisotopic (exact) mass is 226 g/mol. The molecule has 0 unspecified atom stereocenters. The number of carbonyl (C=O) groups excluding carboxylic acids is 2. The second-order valence-electron chi connectivity index (χ2n) is 4.46. The first kappa shape index (κ1) is 10.9. The highest BCUT2D eigenvalue weighted by Gasteiger charge is 2.50. The first-order valence-corrected chi connectivity index (χ1v) is 5.31. The van der Waals surface area contributed by atoms with Crippen molar-refractivity contribution in [2.24, 2.45) is 17.6 Å². The smallest absolute Gasteiger partial charge is 0.309 e. The molecule has 88 valence electrons. The summed E-state index contributed by atoms with van der Waals surface area (Å²) in [6.45, 7) is -0.163. The molecule has 2 amide bonds. The maximum absolute atomic E-state index is 11.6. The summed E-state index contributed by atoms with van der Waals surface area (Å²) in [4.78, 5) is 34.8. The van der Waals surface area contributed by atoms with Crippen LogP contribution < -0.4 is 5.73 Å². The van der Waals surface area contributed by atoms with Crippen LogP contribution in [-0.4, -0.2) is 40.4 Å². The van der Waals surface area contributed by atoms with Crippen molar-refractivity contribution in [2.45, 2.75) is 25.3 Å². The number of hydrogen-bond acceptors (Lipinski definition) is 3. The quantitative estimate of drug-likeness (QED) is 0.654. The number of carboxylic acids is 1. The van der Waals surface area contributed by atoms with Gasteiger partial charge in [0.25, 0.3) is 0 Å². The number of aliphatic carboxylic acids is 1. The number of carboxylic acid groups (broad SMARTS) is 1. The predicted molar refractivity (Wildman–Crippen MR) is 53.2 cm³/mol.